The summed E-state index contributed by atoms with van der Waals surface area (Å²) in [4.78, 5) is 0. The van der Waals surface area contributed by atoms with Gasteiger partial charge in [0.2, 0.25) is 0 Å². The van der Waals surface area contributed by atoms with Crippen molar-refractivity contribution in [1.82, 2.24) is 0 Å². The zero-order valence-electron chi connectivity index (χ0n) is 4.63. The van der Waals surface area contributed by atoms with Gasteiger partial charge in [0.15, 0.2) is 0 Å². The van der Waals surface area contributed by atoms with Crippen LogP contribution < -0.4 is 29.6 Å². The summed E-state index contributed by atoms with van der Waals surface area (Å²) in [6, 6.07) is 0. The predicted molar refractivity (Wildman–Crippen MR) is 23.2 cm³/mol. The Labute approximate surface area is 71.8 Å². The molecule has 5 nitrogen and oxygen atoms in total. The van der Waals surface area contributed by atoms with Crippen molar-refractivity contribution in [2.45, 2.75) is 0 Å². The second-order valence-electron chi connectivity index (χ2n) is 0.371. The van der Waals surface area contributed by atoms with Gasteiger partial charge in [-0.15, -0.1) is 0 Å². The number of hydrogen-bond donors (Lipinski definition) is 0. The Morgan fingerprint density at radius 1 is 1.50 bits per heavy atom. The fourth-order valence-corrected chi connectivity index (χ4v) is 0. The summed E-state index contributed by atoms with van der Waals surface area (Å²) in [5.74, 6) is 0. The van der Waals surface area contributed by atoms with Gasteiger partial charge in [-0.1, -0.05) is 0 Å². The van der Waals surface area contributed by atoms with E-state index >= 15 is 0 Å². The maximum atomic E-state index is 9.15. The minimum absolute atomic E-state index is 0. The molecule has 0 aliphatic heterocycles. The Morgan fingerprint density at radius 2 is 1.62 bits per heavy atom. The van der Waals surface area contributed by atoms with Crippen molar-refractivity contribution < 1.29 is 53.5 Å². The molecule has 0 fully saturated rings. The van der Waals surface area contributed by atoms with Crippen molar-refractivity contribution >= 4 is 11.4 Å². The first-order chi connectivity index (χ1) is 2.27. The van der Waals surface area contributed by atoms with E-state index in [1.165, 1.54) is 0 Å². The molecule has 0 saturated heterocycles. The van der Waals surface area contributed by atoms with Crippen LogP contribution in [0.5, 0.6) is 0 Å². The van der Waals surface area contributed by atoms with Crippen LogP contribution in [-0.2, 0) is 15.5 Å². The first-order valence-electron chi connectivity index (χ1n) is 0.908. The molecule has 0 aromatic rings. The van der Waals surface area contributed by atoms with Crippen molar-refractivity contribution in [1.29, 1.82) is 0 Å². The molecule has 0 amide bonds. The van der Waals surface area contributed by atoms with Gasteiger partial charge in [0, 0.05) is 0 Å². The molecule has 0 heterocycles. The topological polar surface area (TPSA) is 112 Å². The summed E-state index contributed by atoms with van der Waals surface area (Å²) in [6.07, 6.45) is 0. The first kappa shape index (κ1) is 23.0. The molecule has 0 rings (SSSR count). The molecule has 1 unspecified atom stereocenters. The molecule has 8 heavy (non-hydrogen) atoms. The quantitative estimate of drug-likeness (QED) is 0.278. The predicted octanol–water partition coefficient (Wildman–Crippen LogP) is -5.22. The third kappa shape index (κ3) is 28.1. The van der Waals surface area contributed by atoms with Gasteiger partial charge in [-0.25, -0.2) is 4.21 Å². The summed E-state index contributed by atoms with van der Waals surface area (Å²) < 4.78 is 22.0. The minimum atomic E-state index is -2.32. The standard InChI is InChI=1S/CH4O3S.Na.2H2O/c1-4-5(2)3;;;/h1H3,(H,2,3);;2*1H2/q;+1;;/p-1. The summed E-state index contributed by atoms with van der Waals surface area (Å²) >= 11 is -2.32. The molecule has 0 aromatic carbocycles. The van der Waals surface area contributed by atoms with Crippen LogP contribution in [0.4, 0.5) is 0 Å². The van der Waals surface area contributed by atoms with Gasteiger partial charge in [-0.2, -0.15) is 0 Å². The summed E-state index contributed by atoms with van der Waals surface area (Å²) in [5, 5.41) is 0. The molecule has 0 aliphatic carbocycles. The largest absolute Gasteiger partial charge is 1.00 e. The molecular formula is CH7NaO5S. The van der Waals surface area contributed by atoms with E-state index in [-0.39, 0.29) is 40.5 Å². The molecule has 48 valence electrons. The van der Waals surface area contributed by atoms with E-state index in [2.05, 4.69) is 4.18 Å². The molecule has 4 N–H and O–H groups in total. The van der Waals surface area contributed by atoms with Crippen LogP contribution in [0.25, 0.3) is 0 Å². The average Bonchev–Trinajstić information content (AvgIpc) is 1.38. The van der Waals surface area contributed by atoms with Crippen LogP contribution in [0.2, 0.25) is 0 Å². The third-order valence-electron chi connectivity index (χ3n) is 0.136. The molecule has 0 spiro atoms. The van der Waals surface area contributed by atoms with Gasteiger partial charge < -0.3 is 19.7 Å². The molecule has 0 saturated carbocycles. The molecule has 0 aliphatic rings. The van der Waals surface area contributed by atoms with Crippen LogP contribution in [0.3, 0.4) is 0 Å². The molecule has 0 radical (unpaired) electrons. The zero-order valence-corrected chi connectivity index (χ0v) is 7.45. The van der Waals surface area contributed by atoms with Crippen molar-refractivity contribution in [2.24, 2.45) is 0 Å². The van der Waals surface area contributed by atoms with E-state index in [1.807, 2.05) is 0 Å². The summed E-state index contributed by atoms with van der Waals surface area (Å²) in [6.45, 7) is 0. The second-order valence-corrected chi connectivity index (χ2v) is 1.11. The minimum Gasteiger partial charge on any atom is -0.750 e. The van der Waals surface area contributed by atoms with Crippen molar-refractivity contribution in [2.75, 3.05) is 7.11 Å². The van der Waals surface area contributed by atoms with Crippen LogP contribution in [0, 0.1) is 0 Å². The molecule has 0 aromatic heterocycles. The van der Waals surface area contributed by atoms with E-state index in [9.17, 15) is 0 Å². The Kier molecular flexibility index (Phi) is 45.2. The maximum Gasteiger partial charge on any atom is 1.00 e. The fourth-order valence-electron chi connectivity index (χ4n) is 0. The third-order valence-corrected chi connectivity index (χ3v) is 0.408. The normalized spacial score (nSPS) is 9.25. The summed E-state index contributed by atoms with van der Waals surface area (Å²) in [7, 11) is 1.09. The van der Waals surface area contributed by atoms with Gasteiger partial charge in [-0.05, 0) is 0 Å². The molecule has 7 heteroatoms. The molecule has 0 bridgehead atoms. The van der Waals surface area contributed by atoms with Crippen molar-refractivity contribution in [3.8, 4) is 0 Å². The van der Waals surface area contributed by atoms with Crippen LogP contribution in [0.1, 0.15) is 0 Å². The molecular weight excluding hydrogens is 147 g/mol. The van der Waals surface area contributed by atoms with Crippen LogP contribution in [-0.4, -0.2) is 26.8 Å². The van der Waals surface area contributed by atoms with E-state index in [1.54, 1.807) is 0 Å². The van der Waals surface area contributed by atoms with Gasteiger partial charge in [-0.3, -0.25) is 0 Å². The molecule has 1 atom stereocenters. The average molecular weight is 154 g/mol. The SMILES string of the molecule is COS(=O)[O-].O.O.[Na+]. The maximum absolute atomic E-state index is 9.15. The second kappa shape index (κ2) is 15.7. The number of rotatable bonds is 1. The monoisotopic (exact) mass is 154 g/mol. The van der Waals surface area contributed by atoms with Gasteiger partial charge in [0.25, 0.3) is 0 Å². The van der Waals surface area contributed by atoms with E-state index < -0.39 is 11.4 Å². The Bertz CT molecular complexity index is 47.7. The smallest absolute Gasteiger partial charge is 0.750 e. The Balaban J connectivity index is -0.0000000267. The van der Waals surface area contributed by atoms with Gasteiger partial charge in [0.1, 0.15) is 0 Å². The van der Waals surface area contributed by atoms with Gasteiger partial charge in [0.05, 0.1) is 18.5 Å². The van der Waals surface area contributed by atoms with Crippen molar-refractivity contribution in [3.05, 3.63) is 0 Å². The van der Waals surface area contributed by atoms with E-state index in [0.29, 0.717) is 0 Å². The first-order valence-corrected chi connectivity index (χ1v) is 1.91. The van der Waals surface area contributed by atoms with E-state index in [0.717, 1.165) is 7.11 Å². The zero-order chi connectivity index (χ0) is 4.28. The Hall–Kier alpha value is 0.990. The fraction of sp³-hybridized carbons (Fsp3) is 1.00. The van der Waals surface area contributed by atoms with Crippen molar-refractivity contribution in [3.63, 3.8) is 0 Å². The van der Waals surface area contributed by atoms with E-state index in [4.69, 9.17) is 8.76 Å². The summed E-state index contributed by atoms with van der Waals surface area (Å²) in [5.41, 5.74) is 0. The number of hydrogen-bond acceptors (Lipinski definition) is 3. The van der Waals surface area contributed by atoms with Crippen LogP contribution in [0.15, 0.2) is 0 Å². The Morgan fingerprint density at radius 3 is 1.62 bits per heavy atom. The van der Waals surface area contributed by atoms with Gasteiger partial charge >= 0.3 is 29.6 Å². The van der Waals surface area contributed by atoms with Crippen LogP contribution >= 0.6 is 0 Å².